The minimum Gasteiger partial charge on any atom is -0.336 e. The minimum atomic E-state index is -0.176. The zero-order valence-electron chi connectivity index (χ0n) is 20.5. The maximum Gasteiger partial charge on any atom is 0.253 e. The third kappa shape index (κ3) is 5.81. The van der Waals surface area contributed by atoms with Gasteiger partial charge in [0.2, 0.25) is 5.91 Å². The van der Waals surface area contributed by atoms with E-state index in [1.807, 2.05) is 29.2 Å². The lowest BCUT2D eigenvalue weighted by atomic mass is 9.86. The lowest BCUT2D eigenvalue weighted by molar-refractivity contribution is -0.123. The maximum absolute atomic E-state index is 13.4. The highest BCUT2D eigenvalue weighted by Crippen LogP contribution is 2.32. The average Bonchev–Trinajstić information content (AvgIpc) is 3.33. The first-order valence-electron chi connectivity index (χ1n) is 12.4. The predicted molar refractivity (Wildman–Crippen MR) is 138 cm³/mol. The van der Waals surface area contributed by atoms with Crippen LogP contribution >= 0.6 is 11.6 Å². The molecule has 0 bridgehead atoms. The molecule has 34 heavy (non-hydrogen) atoms. The molecule has 5 nitrogen and oxygen atoms in total. The summed E-state index contributed by atoms with van der Waals surface area (Å²) < 4.78 is 0. The average molecular weight is 482 g/mol. The van der Waals surface area contributed by atoms with Gasteiger partial charge in [-0.05, 0) is 60.1 Å². The van der Waals surface area contributed by atoms with Crippen molar-refractivity contribution in [2.75, 3.05) is 31.5 Å². The summed E-state index contributed by atoms with van der Waals surface area (Å²) in [6.07, 6.45) is 4.50. The van der Waals surface area contributed by atoms with E-state index in [0.717, 1.165) is 24.1 Å². The summed E-state index contributed by atoms with van der Waals surface area (Å²) in [7, 11) is 0. The van der Waals surface area contributed by atoms with Gasteiger partial charge in [-0.15, -0.1) is 0 Å². The van der Waals surface area contributed by atoms with E-state index in [1.54, 1.807) is 12.1 Å². The quantitative estimate of drug-likeness (QED) is 0.605. The van der Waals surface area contributed by atoms with Crippen LogP contribution in [-0.4, -0.2) is 53.8 Å². The molecule has 1 aliphatic heterocycles. The topological polar surface area (TPSA) is 52.7 Å². The molecule has 1 saturated heterocycles. The number of piperazine rings is 1. The highest BCUT2D eigenvalue weighted by atomic mass is 35.5. The number of halogens is 1. The molecular weight excluding hydrogens is 446 g/mol. The van der Waals surface area contributed by atoms with Gasteiger partial charge in [0, 0.05) is 42.5 Å². The molecule has 182 valence electrons. The van der Waals surface area contributed by atoms with Crippen molar-refractivity contribution in [1.29, 1.82) is 0 Å². The van der Waals surface area contributed by atoms with Gasteiger partial charge in [-0.25, -0.2) is 0 Å². The Balaban J connectivity index is 1.41. The van der Waals surface area contributed by atoms with Gasteiger partial charge in [-0.3, -0.25) is 14.5 Å². The number of hydrogen-bond donors (Lipinski definition) is 1. The summed E-state index contributed by atoms with van der Waals surface area (Å²) in [5.41, 5.74) is 2.74. The molecule has 4 rings (SSSR count). The smallest absolute Gasteiger partial charge is 0.253 e. The molecule has 1 saturated carbocycles. The van der Waals surface area contributed by atoms with Gasteiger partial charge in [-0.1, -0.05) is 63.4 Å². The third-order valence-electron chi connectivity index (χ3n) is 7.20. The van der Waals surface area contributed by atoms with Crippen LogP contribution in [-0.2, 0) is 10.2 Å². The Bertz CT molecular complexity index is 1000. The van der Waals surface area contributed by atoms with Gasteiger partial charge in [-0.2, -0.15) is 0 Å². The zero-order valence-corrected chi connectivity index (χ0v) is 21.3. The third-order valence-corrected chi connectivity index (χ3v) is 7.43. The number of benzene rings is 2. The van der Waals surface area contributed by atoms with E-state index >= 15 is 0 Å². The van der Waals surface area contributed by atoms with E-state index in [2.05, 4.69) is 43.1 Å². The summed E-state index contributed by atoms with van der Waals surface area (Å²) in [6, 6.07) is 15.1. The Hall–Kier alpha value is -2.37. The number of nitrogens with zero attached hydrogens (tertiary/aromatic N) is 2. The van der Waals surface area contributed by atoms with Crippen LogP contribution in [0.2, 0.25) is 5.02 Å². The van der Waals surface area contributed by atoms with Crippen molar-refractivity contribution in [2.45, 2.75) is 57.9 Å². The van der Waals surface area contributed by atoms with Gasteiger partial charge in [0.05, 0.1) is 6.04 Å². The van der Waals surface area contributed by atoms with Crippen LogP contribution in [0.1, 0.15) is 62.4 Å². The first-order chi connectivity index (χ1) is 16.2. The van der Waals surface area contributed by atoms with Crippen molar-refractivity contribution in [3.63, 3.8) is 0 Å². The Morgan fingerprint density at radius 1 is 0.971 bits per heavy atom. The number of hydrogen-bond acceptors (Lipinski definition) is 3. The Morgan fingerprint density at radius 3 is 2.21 bits per heavy atom. The molecule has 1 aliphatic carbocycles. The van der Waals surface area contributed by atoms with Crippen LogP contribution < -0.4 is 5.32 Å². The lowest BCUT2D eigenvalue weighted by Crippen LogP contribution is -2.56. The summed E-state index contributed by atoms with van der Waals surface area (Å²) in [6.45, 7) is 9.19. The van der Waals surface area contributed by atoms with E-state index in [4.69, 9.17) is 11.6 Å². The van der Waals surface area contributed by atoms with Gasteiger partial charge in [0.25, 0.3) is 5.91 Å². The van der Waals surface area contributed by atoms with E-state index < -0.39 is 0 Å². The first kappa shape index (κ1) is 24.7. The molecule has 0 unspecified atom stereocenters. The van der Waals surface area contributed by atoms with Crippen LogP contribution in [0, 0.1) is 5.92 Å². The van der Waals surface area contributed by atoms with Crippen LogP contribution in [0.3, 0.4) is 0 Å². The number of nitrogens with one attached hydrogen (secondary N) is 1. The summed E-state index contributed by atoms with van der Waals surface area (Å²) >= 11 is 6.11. The maximum atomic E-state index is 13.4. The molecule has 0 spiro atoms. The fourth-order valence-corrected chi connectivity index (χ4v) is 5.42. The molecule has 1 heterocycles. The van der Waals surface area contributed by atoms with Crippen LogP contribution in [0.5, 0.6) is 0 Å². The SMILES string of the molecule is CC(C)(C)c1ccc(C(=O)N2CCN([C@@H](C(=O)Nc3cccc(Cl)c3)C3CCCC3)CC2)cc1. The monoisotopic (exact) mass is 481 g/mol. The second kappa shape index (κ2) is 10.5. The summed E-state index contributed by atoms with van der Waals surface area (Å²) in [4.78, 5) is 30.7. The molecule has 0 radical (unpaired) electrons. The molecule has 2 aromatic rings. The highest BCUT2D eigenvalue weighted by molar-refractivity contribution is 6.30. The lowest BCUT2D eigenvalue weighted by Gasteiger charge is -2.40. The minimum absolute atomic E-state index is 0.0340. The second-order valence-corrected chi connectivity index (χ2v) is 11.1. The molecule has 0 aromatic heterocycles. The molecule has 1 N–H and O–H groups in total. The van der Waals surface area contributed by atoms with Crippen LogP contribution in [0.4, 0.5) is 5.69 Å². The van der Waals surface area contributed by atoms with Gasteiger partial charge in [0.1, 0.15) is 0 Å². The molecule has 1 atom stereocenters. The Morgan fingerprint density at radius 2 is 1.62 bits per heavy atom. The van der Waals surface area contributed by atoms with E-state index in [0.29, 0.717) is 37.1 Å². The fraction of sp³-hybridized carbons (Fsp3) is 0.500. The molecule has 2 fully saturated rings. The van der Waals surface area contributed by atoms with Crippen molar-refractivity contribution in [1.82, 2.24) is 9.80 Å². The standard InChI is InChI=1S/C28H36ClN3O2/c1-28(2,3)22-13-11-21(12-14-22)27(34)32-17-15-31(16-18-32)25(20-7-4-5-8-20)26(33)30-24-10-6-9-23(29)19-24/h6,9-14,19-20,25H,4-5,7-8,15-18H2,1-3H3,(H,30,33)/t25-/m1/s1. The number of carbonyl (C=O) groups excluding carboxylic acids is 2. The van der Waals surface area contributed by atoms with Crippen molar-refractivity contribution >= 4 is 29.1 Å². The van der Waals surface area contributed by atoms with Crippen LogP contribution in [0.25, 0.3) is 0 Å². The predicted octanol–water partition coefficient (Wildman–Crippen LogP) is 5.59. The van der Waals surface area contributed by atoms with E-state index in [-0.39, 0.29) is 23.3 Å². The number of rotatable bonds is 5. The van der Waals surface area contributed by atoms with Gasteiger partial charge >= 0.3 is 0 Å². The highest BCUT2D eigenvalue weighted by Gasteiger charge is 2.37. The Kier molecular flexibility index (Phi) is 7.63. The van der Waals surface area contributed by atoms with Crippen molar-refractivity contribution in [3.8, 4) is 0 Å². The van der Waals surface area contributed by atoms with Gasteiger partial charge in [0.15, 0.2) is 0 Å². The number of anilines is 1. The summed E-state index contributed by atoms with van der Waals surface area (Å²) in [5, 5.41) is 3.70. The molecule has 2 aliphatic rings. The zero-order chi connectivity index (χ0) is 24.3. The first-order valence-corrected chi connectivity index (χ1v) is 12.8. The molecule has 6 heteroatoms. The summed E-state index contributed by atoms with van der Waals surface area (Å²) in [5.74, 6) is 0.457. The van der Waals surface area contributed by atoms with Crippen LogP contribution in [0.15, 0.2) is 48.5 Å². The molecule has 2 amide bonds. The van der Waals surface area contributed by atoms with Crippen molar-refractivity contribution in [3.05, 3.63) is 64.7 Å². The normalized spacial score (nSPS) is 18.6. The second-order valence-electron chi connectivity index (χ2n) is 10.6. The number of carbonyl (C=O) groups is 2. The van der Waals surface area contributed by atoms with Crippen molar-refractivity contribution in [2.24, 2.45) is 5.92 Å². The molecular formula is C28H36ClN3O2. The molecule has 2 aromatic carbocycles. The van der Waals surface area contributed by atoms with E-state index in [9.17, 15) is 9.59 Å². The number of amides is 2. The van der Waals surface area contributed by atoms with Crippen molar-refractivity contribution < 1.29 is 9.59 Å². The Labute approximate surface area is 208 Å². The fourth-order valence-electron chi connectivity index (χ4n) is 5.23. The van der Waals surface area contributed by atoms with Gasteiger partial charge < -0.3 is 10.2 Å². The van der Waals surface area contributed by atoms with E-state index in [1.165, 1.54) is 18.4 Å². The largest absolute Gasteiger partial charge is 0.336 e.